The third kappa shape index (κ3) is 3.85. The highest BCUT2D eigenvalue weighted by atomic mass is 35.5. The van der Waals surface area contributed by atoms with Crippen molar-refractivity contribution in [2.45, 2.75) is 33.1 Å². The fourth-order valence-corrected chi connectivity index (χ4v) is 2.10. The first-order valence-corrected chi connectivity index (χ1v) is 7.14. The smallest absolute Gasteiger partial charge is 0.137 e. The molecule has 0 amide bonds. The number of anilines is 2. The van der Waals surface area contributed by atoms with Crippen LogP contribution in [0.1, 0.15) is 32.2 Å². The number of aromatic nitrogens is 2. The summed E-state index contributed by atoms with van der Waals surface area (Å²) in [5.41, 5.74) is 1.83. The van der Waals surface area contributed by atoms with Crippen LogP contribution in [0.3, 0.4) is 0 Å². The van der Waals surface area contributed by atoms with E-state index in [0.29, 0.717) is 16.8 Å². The Morgan fingerprint density at radius 2 is 1.86 bits per heavy atom. The first-order chi connectivity index (χ1) is 9.79. The van der Waals surface area contributed by atoms with Crippen LogP contribution in [0.15, 0.2) is 24.3 Å². The molecule has 0 atom stereocenters. The van der Waals surface area contributed by atoms with E-state index in [1.807, 2.05) is 25.1 Å². The lowest BCUT2D eigenvalue weighted by molar-refractivity contribution is 0.412. The van der Waals surface area contributed by atoms with Crippen LogP contribution < -0.4 is 10.1 Å². The van der Waals surface area contributed by atoms with Gasteiger partial charge in [0.15, 0.2) is 0 Å². The van der Waals surface area contributed by atoms with Gasteiger partial charge < -0.3 is 10.1 Å². The number of aryl methyl sites for hydroxylation is 1. The third-order valence-corrected chi connectivity index (χ3v) is 3.23. The lowest BCUT2D eigenvalue weighted by Crippen LogP contribution is -2.16. The molecule has 5 heteroatoms. The second-order valence-electron chi connectivity index (χ2n) is 5.96. The molecule has 0 aliphatic carbocycles. The fraction of sp³-hybridized carbons (Fsp3) is 0.375. The summed E-state index contributed by atoms with van der Waals surface area (Å²) in [6.45, 7) is 8.16. The Kier molecular flexibility index (Phi) is 4.37. The van der Waals surface area contributed by atoms with E-state index < -0.39 is 0 Å². The standard InChI is InChI=1S/C16H20ClN3O/c1-10-8-11(6-7-12(10)21-5)18-14-9-13(17)19-15(20-14)16(2,3)4/h6-9H,1-5H3,(H,18,19,20). The van der Waals surface area contributed by atoms with Crippen LogP contribution in [0.5, 0.6) is 5.75 Å². The van der Waals surface area contributed by atoms with Gasteiger partial charge >= 0.3 is 0 Å². The molecule has 0 bridgehead atoms. The average molecular weight is 306 g/mol. The van der Waals surface area contributed by atoms with E-state index in [9.17, 15) is 0 Å². The monoisotopic (exact) mass is 305 g/mol. The van der Waals surface area contributed by atoms with Gasteiger partial charge in [-0.2, -0.15) is 0 Å². The molecule has 21 heavy (non-hydrogen) atoms. The molecule has 0 fully saturated rings. The lowest BCUT2D eigenvalue weighted by atomic mass is 9.96. The minimum absolute atomic E-state index is 0.156. The van der Waals surface area contributed by atoms with Gasteiger partial charge in [0.1, 0.15) is 22.5 Å². The molecular weight excluding hydrogens is 286 g/mol. The molecule has 0 aliphatic rings. The first-order valence-electron chi connectivity index (χ1n) is 6.76. The topological polar surface area (TPSA) is 47.0 Å². The number of ether oxygens (including phenoxy) is 1. The Balaban J connectivity index is 2.31. The molecule has 1 N–H and O–H groups in total. The number of hydrogen-bond acceptors (Lipinski definition) is 4. The highest BCUT2D eigenvalue weighted by Gasteiger charge is 2.18. The predicted molar refractivity (Wildman–Crippen MR) is 86.8 cm³/mol. The second-order valence-corrected chi connectivity index (χ2v) is 6.35. The van der Waals surface area contributed by atoms with E-state index in [1.165, 1.54) is 0 Å². The van der Waals surface area contributed by atoms with Crippen LogP contribution in [0.2, 0.25) is 5.15 Å². The molecule has 1 aromatic heterocycles. The SMILES string of the molecule is COc1ccc(Nc2cc(Cl)nc(C(C)(C)C)n2)cc1C. The lowest BCUT2D eigenvalue weighted by Gasteiger charge is -2.18. The molecular formula is C16H20ClN3O. The van der Waals surface area contributed by atoms with Crippen LogP contribution in [0.25, 0.3) is 0 Å². The molecule has 0 unspecified atom stereocenters. The molecule has 2 aromatic rings. The van der Waals surface area contributed by atoms with E-state index in [1.54, 1.807) is 13.2 Å². The molecule has 0 spiro atoms. The van der Waals surface area contributed by atoms with Crippen molar-refractivity contribution < 1.29 is 4.74 Å². The summed E-state index contributed by atoms with van der Waals surface area (Å²) in [6.07, 6.45) is 0. The summed E-state index contributed by atoms with van der Waals surface area (Å²) in [6, 6.07) is 7.59. The van der Waals surface area contributed by atoms with E-state index in [4.69, 9.17) is 16.3 Å². The van der Waals surface area contributed by atoms with Crippen molar-refractivity contribution in [1.82, 2.24) is 9.97 Å². The van der Waals surface area contributed by atoms with Gasteiger partial charge in [-0.1, -0.05) is 32.4 Å². The molecule has 0 radical (unpaired) electrons. The predicted octanol–water partition coefficient (Wildman–Crippen LogP) is 4.49. The number of halogens is 1. The van der Waals surface area contributed by atoms with Gasteiger partial charge in [0.25, 0.3) is 0 Å². The van der Waals surface area contributed by atoms with Crippen molar-refractivity contribution in [1.29, 1.82) is 0 Å². The zero-order valence-corrected chi connectivity index (χ0v) is 13.7. The summed E-state index contributed by atoms with van der Waals surface area (Å²) >= 11 is 6.09. The fourth-order valence-electron chi connectivity index (χ4n) is 1.92. The molecule has 1 heterocycles. The minimum Gasteiger partial charge on any atom is -0.496 e. The van der Waals surface area contributed by atoms with Crippen molar-refractivity contribution in [2.24, 2.45) is 0 Å². The number of rotatable bonds is 3. The van der Waals surface area contributed by atoms with Gasteiger partial charge in [0.2, 0.25) is 0 Å². The van der Waals surface area contributed by atoms with Crippen molar-refractivity contribution >= 4 is 23.1 Å². The highest BCUT2D eigenvalue weighted by molar-refractivity contribution is 6.29. The van der Waals surface area contributed by atoms with Crippen LogP contribution in [0.4, 0.5) is 11.5 Å². The Morgan fingerprint density at radius 1 is 1.14 bits per heavy atom. The zero-order chi connectivity index (χ0) is 15.6. The molecule has 0 aliphatic heterocycles. The summed E-state index contributed by atoms with van der Waals surface area (Å²) < 4.78 is 5.26. The molecule has 2 rings (SSSR count). The van der Waals surface area contributed by atoms with E-state index in [-0.39, 0.29) is 5.41 Å². The summed E-state index contributed by atoms with van der Waals surface area (Å²) in [5.74, 6) is 2.25. The van der Waals surface area contributed by atoms with Crippen molar-refractivity contribution in [2.75, 3.05) is 12.4 Å². The Labute approximate surface area is 130 Å². The van der Waals surface area contributed by atoms with E-state index in [2.05, 4.69) is 36.1 Å². The van der Waals surface area contributed by atoms with Crippen LogP contribution >= 0.6 is 11.6 Å². The molecule has 0 saturated carbocycles. The van der Waals surface area contributed by atoms with Gasteiger partial charge in [0, 0.05) is 17.2 Å². The number of hydrogen-bond donors (Lipinski definition) is 1. The summed E-state index contributed by atoms with van der Waals surface area (Å²) in [4.78, 5) is 8.82. The molecule has 4 nitrogen and oxygen atoms in total. The number of nitrogens with zero attached hydrogens (tertiary/aromatic N) is 2. The second kappa shape index (κ2) is 5.90. The number of nitrogens with one attached hydrogen (secondary N) is 1. The van der Waals surface area contributed by atoms with Gasteiger partial charge in [-0.15, -0.1) is 0 Å². The van der Waals surface area contributed by atoms with E-state index >= 15 is 0 Å². The van der Waals surface area contributed by atoms with Crippen LogP contribution in [-0.2, 0) is 5.41 Å². The molecule has 112 valence electrons. The normalized spacial score (nSPS) is 11.3. The molecule has 1 aromatic carbocycles. The average Bonchev–Trinajstić information content (AvgIpc) is 2.37. The van der Waals surface area contributed by atoms with Crippen molar-refractivity contribution in [3.8, 4) is 5.75 Å². The maximum absolute atomic E-state index is 6.09. The van der Waals surface area contributed by atoms with Crippen LogP contribution in [-0.4, -0.2) is 17.1 Å². The first kappa shape index (κ1) is 15.6. The summed E-state index contributed by atoms with van der Waals surface area (Å²) in [5, 5.41) is 3.69. The van der Waals surface area contributed by atoms with Gasteiger partial charge in [-0.25, -0.2) is 9.97 Å². The quantitative estimate of drug-likeness (QED) is 0.849. The van der Waals surface area contributed by atoms with Crippen molar-refractivity contribution in [3.05, 3.63) is 40.8 Å². The van der Waals surface area contributed by atoms with Gasteiger partial charge in [0.05, 0.1) is 7.11 Å². The number of benzene rings is 1. The van der Waals surface area contributed by atoms with Gasteiger partial charge in [-0.3, -0.25) is 0 Å². The third-order valence-electron chi connectivity index (χ3n) is 3.03. The maximum Gasteiger partial charge on any atom is 0.137 e. The van der Waals surface area contributed by atoms with E-state index in [0.717, 1.165) is 17.0 Å². The van der Waals surface area contributed by atoms with Gasteiger partial charge in [-0.05, 0) is 30.7 Å². The van der Waals surface area contributed by atoms with Crippen molar-refractivity contribution in [3.63, 3.8) is 0 Å². The number of methoxy groups -OCH3 is 1. The minimum atomic E-state index is -0.156. The zero-order valence-electron chi connectivity index (χ0n) is 13.0. The Morgan fingerprint density at radius 3 is 2.43 bits per heavy atom. The Hall–Kier alpha value is -1.81. The highest BCUT2D eigenvalue weighted by Crippen LogP contribution is 2.26. The summed E-state index contributed by atoms with van der Waals surface area (Å²) in [7, 11) is 1.66. The largest absolute Gasteiger partial charge is 0.496 e. The maximum atomic E-state index is 6.09. The molecule has 0 saturated heterocycles. The Bertz CT molecular complexity index is 650. The van der Waals surface area contributed by atoms with Crippen LogP contribution in [0, 0.1) is 6.92 Å².